The van der Waals surface area contributed by atoms with Gasteiger partial charge in [-0.3, -0.25) is 4.79 Å². The van der Waals surface area contributed by atoms with E-state index in [2.05, 4.69) is 10.3 Å². The summed E-state index contributed by atoms with van der Waals surface area (Å²) in [5, 5.41) is 5.14. The summed E-state index contributed by atoms with van der Waals surface area (Å²) >= 11 is 1.33. The first-order valence-corrected chi connectivity index (χ1v) is 11.4. The van der Waals surface area contributed by atoms with Crippen LogP contribution in [0.2, 0.25) is 0 Å². The third-order valence-corrected chi connectivity index (χ3v) is 5.98. The minimum atomic E-state index is -0.363. The van der Waals surface area contributed by atoms with E-state index < -0.39 is 0 Å². The van der Waals surface area contributed by atoms with Crippen LogP contribution >= 0.6 is 11.3 Å². The van der Waals surface area contributed by atoms with Crippen molar-refractivity contribution in [1.82, 2.24) is 4.98 Å². The predicted molar refractivity (Wildman–Crippen MR) is 132 cm³/mol. The number of halogens is 1. The van der Waals surface area contributed by atoms with Crippen LogP contribution in [0.25, 0.3) is 10.6 Å². The number of thiazole rings is 1. The zero-order valence-electron chi connectivity index (χ0n) is 19.3. The maximum Gasteiger partial charge on any atom is 0.275 e. The highest BCUT2D eigenvalue weighted by Gasteiger charge is 2.16. The molecule has 0 aliphatic carbocycles. The Labute approximate surface area is 206 Å². The second-order valence-corrected chi connectivity index (χ2v) is 8.20. The average Bonchev–Trinajstić information content (AvgIpc) is 3.38. The van der Waals surface area contributed by atoms with Gasteiger partial charge in [0.05, 0.1) is 27.0 Å². The molecule has 1 amide bonds. The molecule has 9 heteroatoms. The Kier molecular flexibility index (Phi) is 7.47. The highest BCUT2D eigenvalue weighted by atomic mass is 32.1. The summed E-state index contributed by atoms with van der Waals surface area (Å²) in [5.74, 6) is 1.44. The number of carbonyl (C=O) groups excluding carboxylic acids is 1. The lowest BCUT2D eigenvalue weighted by Crippen LogP contribution is -2.13. The van der Waals surface area contributed by atoms with E-state index in [1.54, 1.807) is 55.0 Å². The van der Waals surface area contributed by atoms with Gasteiger partial charge < -0.3 is 24.3 Å². The number of nitrogens with zero attached hydrogens (tertiary/aromatic N) is 1. The molecule has 0 saturated carbocycles. The predicted octanol–water partition coefficient (Wildman–Crippen LogP) is 5.81. The number of carbonyl (C=O) groups is 1. The minimum Gasteiger partial charge on any atom is -0.497 e. The van der Waals surface area contributed by atoms with Crippen LogP contribution < -0.4 is 24.3 Å². The summed E-state index contributed by atoms with van der Waals surface area (Å²) in [6.07, 6.45) is 0. The van der Waals surface area contributed by atoms with Gasteiger partial charge in [0.2, 0.25) is 0 Å². The van der Waals surface area contributed by atoms with Crippen molar-refractivity contribution in [1.29, 1.82) is 0 Å². The number of ether oxygens (including phenoxy) is 4. The van der Waals surface area contributed by atoms with Crippen LogP contribution in [0.3, 0.4) is 0 Å². The number of amides is 1. The molecule has 1 heterocycles. The fourth-order valence-electron chi connectivity index (χ4n) is 3.31. The quantitative estimate of drug-likeness (QED) is 0.317. The molecule has 4 rings (SSSR count). The first kappa shape index (κ1) is 24.0. The first-order valence-electron chi connectivity index (χ1n) is 10.5. The van der Waals surface area contributed by atoms with Gasteiger partial charge in [0.15, 0.2) is 11.5 Å². The van der Waals surface area contributed by atoms with Crippen LogP contribution in [-0.2, 0) is 6.61 Å². The maximum atomic E-state index is 13.4. The number of methoxy groups -OCH3 is 3. The van der Waals surface area contributed by atoms with Crippen molar-refractivity contribution in [3.63, 3.8) is 0 Å². The highest BCUT2D eigenvalue weighted by Crippen LogP contribution is 2.35. The highest BCUT2D eigenvalue weighted by molar-refractivity contribution is 7.13. The van der Waals surface area contributed by atoms with Crippen molar-refractivity contribution >= 4 is 22.9 Å². The molecule has 0 fully saturated rings. The van der Waals surface area contributed by atoms with Crippen molar-refractivity contribution < 1.29 is 28.1 Å². The van der Waals surface area contributed by atoms with E-state index >= 15 is 0 Å². The summed E-state index contributed by atoms with van der Waals surface area (Å²) < 4.78 is 35.2. The van der Waals surface area contributed by atoms with Gasteiger partial charge >= 0.3 is 0 Å². The summed E-state index contributed by atoms with van der Waals surface area (Å²) in [5.41, 5.74) is 2.26. The van der Waals surface area contributed by atoms with Gasteiger partial charge in [-0.05, 0) is 48.0 Å². The van der Waals surface area contributed by atoms with E-state index in [-0.39, 0.29) is 24.0 Å². The molecule has 0 unspecified atom stereocenters. The fraction of sp³-hybridized carbons (Fsp3) is 0.154. The van der Waals surface area contributed by atoms with E-state index in [9.17, 15) is 9.18 Å². The zero-order valence-corrected chi connectivity index (χ0v) is 20.1. The Morgan fingerprint density at radius 2 is 1.77 bits per heavy atom. The number of nitrogens with one attached hydrogen (secondary N) is 1. The molecule has 1 N–H and O–H groups in total. The Bertz CT molecular complexity index is 1340. The van der Waals surface area contributed by atoms with Gasteiger partial charge in [0, 0.05) is 17.0 Å². The van der Waals surface area contributed by atoms with E-state index in [1.165, 1.54) is 37.7 Å². The molecular weight excluding hydrogens is 471 g/mol. The zero-order chi connectivity index (χ0) is 24.8. The molecular formula is C26H23FN2O5S. The van der Waals surface area contributed by atoms with Gasteiger partial charge in [-0.25, -0.2) is 9.37 Å². The summed E-state index contributed by atoms with van der Waals surface area (Å²) in [4.78, 5) is 17.3. The fourth-order valence-corrected chi connectivity index (χ4v) is 4.10. The molecule has 0 saturated heterocycles. The molecule has 180 valence electrons. The summed E-state index contributed by atoms with van der Waals surface area (Å²) in [6.45, 7) is 0.198. The molecule has 1 aromatic heterocycles. The Morgan fingerprint density at radius 1 is 0.943 bits per heavy atom. The van der Waals surface area contributed by atoms with Crippen LogP contribution in [-0.4, -0.2) is 32.2 Å². The molecule has 7 nitrogen and oxygen atoms in total. The first-order chi connectivity index (χ1) is 17.0. The number of anilines is 1. The van der Waals surface area contributed by atoms with Crippen LogP contribution in [0, 0.1) is 5.82 Å². The number of rotatable bonds is 9. The van der Waals surface area contributed by atoms with Crippen molar-refractivity contribution in [3.8, 4) is 33.6 Å². The standard InChI is InChI=1S/C26H23FN2O5S/c1-31-19-8-9-20(23(13-19)32-2)28-25(30)21-15-35-26(29-21)17-7-10-22(24(12-17)33-3)34-14-16-5-4-6-18(27)11-16/h4-13,15H,14H2,1-3H3,(H,28,30). The van der Waals surface area contributed by atoms with Gasteiger partial charge in [-0.1, -0.05) is 12.1 Å². The largest absolute Gasteiger partial charge is 0.497 e. The lowest BCUT2D eigenvalue weighted by molar-refractivity contribution is 0.102. The number of hydrogen-bond donors (Lipinski definition) is 1. The Morgan fingerprint density at radius 3 is 2.51 bits per heavy atom. The topological polar surface area (TPSA) is 78.9 Å². The molecule has 35 heavy (non-hydrogen) atoms. The monoisotopic (exact) mass is 494 g/mol. The Hall–Kier alpha value is -4.11. The number of aromatic nitrogens is 1. The van der Waals surface area contributed by atoms with Gasteiger partial charge in [0.1, 0.15) is 34.6 Å². The SMILES string of the molecule is COc1ccc(NC(=O)c2csc(-c3ccc(OCc4cccc(F)c4)c(OC)c3)n2)c(OC)c1. The van der Waals surface area contributed by atoms with Crippen LogP contribution in [0.4, 0.5) is 10.1 Å². The van der Waals surface area contributed by atoms with E-state index in [1.807, 2.05) is 6.07 Å². The van der Waals surface area contributed by atoms with Crippen molar-refractivity contribution in [2.75, 3.05) is 26.6 Å². The molecule has 3 aromatic carbocycles. The molecule has 4 aromatic rings. The number of benzene rings is 3. The Balaban J connectivity index is 1.48. The minimum absolute atomic E-state index is 0.198. The van der Waals surface area contributed by atoms with E-state index in [4.69, 9.17) is 18.9 Å². The van der Waals surface area contributed by atoms with Gasteiger partial charge in [0.25, 0.3) is 5.91 Å². The van der Waals surface area contributed by atoms with Crippen LogP contribution in [0.15, 0.2) is 66.0 Å². The molecule has 0 bridgehead atoms. The molecule has 0 spiro atoms. The lowest BCUT2D eigenvalue weighted by atomic mass is 10.2. The lowest BCUT2D eigenvalue weighted by Gasteiger charge is -2.12. The van der Waals surface area contributed by atoms with Crippen molar-refractivity contribution in [2.45, 2.75) is 6.61 Å². The smallest absolute Gasteiger partial charge is 0.275 e. The third-order valence-electron chi connectivity index (χ3n) is 5.09. The molecule has 0 atom stereocenters. The van der Waals surface area contributed by atoms with Crippen molar-refractivity contribution in [3.05, 3.63) is 83.1 Å². The molecule has 0 aliphatic heterocycles. The van der Waals surface area contributed by atoms with Crippen LogP contribution in [0.1, 0.15) is 16.1 Å². The van der Waals surface area contributed by atoms with Gasteiger partial charge in [-0.15, -0.1) is 11.3 Å². The normalized spacial score (nSPS) is 10.5. The van der Waals surface area contributed by atoms with E-state index in [0.717, 1.165) is 5.56 Å². The van der Waals surface area contributed by atoms with Crippen LogP contribution in [0.5, 0.6) is 23.0 Å². The summed E-state index contributed by atoms with van der Waals surface area (Å²) in [7, 11) is 4.61. The average molecular weight is 495 g/mol. The molecule has 0 aliphatic rings. The van der Waals surface area contributed by atoms with Crippen molar-refractivity contribution in [2.24, 2.45) is 0 Å². The summed E-state index contributed by atoms with van der Waals surface area (Å²) in [6, 6.07) is 16.7. The second kappa shape index (κ2) is 10.9. The third kappa shape index (κ3) is 5.70. The number of hydrogen-bond acceptors (Lipinski definition) is 7. The molecule has 0 radical (unpaired) electrons. The maximum absolute atomic E-state index is 13.4. The van der Waals surface area contributed by atoms with Gasteiger partial charge in [-0.2, -0.15) is 0 Å². The second-order valence-electron chi connectivity index (χ2n) is 7.34. The van der Waals surface area contributed by atoms with E-state index in [0.29, 0.717) is 39.3 Å².